The molecule has 164 valence electrons. The number of fused-ring (bicyclic) bond motifs is 1. The first-order valence-corrected chi connectivity index (χ1v) is 11.0. The lowest BCUT2D eigenvalue weighted by Gasteiger charge is -2.22. The number of hydrogen-bond acceptors (Lipinski definition) is 4. The van der Waals surface area contributed by atoms with E-state index in [0.717, 1.165) is 16.4 Å². The first-order chi connectivity index (χ1) is 14.7. The molecule has 4 rings (SSSR count). The molecule has 10 heteroatoms. The van der Waals surface area contributed by atoms with E-state index in [1.807, 2.05) is 0 Å². The van der Waals surface area contributed by atoms with Crippen molar-refractivity contribution in [2.24, 2.45) is 0 Å². The van der Waals surface area contributed by atoms with Gasteiger partial charge in [0.25, 0.3) is 10.0 Å². The minimum absolute atomic E-state index is 0.141. The number of para-hydroxylation sites is 1. The van der Waals surface area contributed by atoms with E-state index < -0.39 is 33.7 Å². The van der Waals surface area contributed by atoms with Crippen LogP contribution in [0.25, 0.3) is 11.0 Å². The maximum atomic E-state index is 13.1. The third-order valence-corrected chi connectivity index (χ3v) is 6.96. The molecule has 1 fully saturated rings. The summed E-state index contributed by atoms with van der Waals surface area (Å²) in [6.45, 7) is 0.0127. The number of nitrogens with one attached hydrogen (secondary N) is 1. The Morgan fingerprint density at radius 3 is 2.65 bits per heavy atom. The number of benzene rings is 2. The monoisotopic (exact) mass is 452 g/mol. The number of alkyl halides is 3. The highest BCUT2D eigenvalue weighted by molar-refractivity contribution is 7.89. The number of sulfonamides is 1. The second-order valence-corrected chi connectivity index (χ2v) is 9.11. The molecule has 0 unspecified atom stereocenters. The van der Waals surface area contributed by atoms with Crippen LogP contribution in [-0.2, 0) is 27.5 Å². The highest BCUT2D eigenvalue weighted by Crippen LogP contribution is 2.31. The van der Waals surface area contributed by atoms with Crippen molar-refractivity contribution in [2.45, 2.75) is 36.7 Å². The second kappa shape index (κ2) is 8.01. The summed E-state index contributed by atoms with van der Waals surface area (Å²) in [6.07, 6.45) is -3.68. The summed E-state index contributed by atoms with van der Waals surface area (Å²) >= 11 is 0. The average Bonchev–Trinajstić information content (AvgIpc) is 3.39. The van der Waals surface area contributed by atoms with Crippen LogP contribution in [0.5, 0.6) is 0 Å². The van der Waals surface area contributed by atoms with Gasteiger partial charge in [-0.2, -0.15) is 17.5 Å². The van der Waals surface area contributed by atoms with E-state index in [2.05, 4.69) is 5.32 Å². The number of nitrogens with zero attached hydrogens (tertiary/aromatic N) is 1. The lowest BCUT2D eigenvalue weighted by Crippen LogP contribution is -2.45. The SMILES string of the molecule is O=C(NCc1cccc(C(F)(F)F)c1)[C@@H]1CCCN1S(=O)(=O)c1cc2ccccc2o1. The predicted octanol–water partition coefficient (Wildman–Crippen LogP) is 3.92. The number of rotatable bonds is 5. The fourth-order valence-electron chi connectivity index (χ4n) is 3.65. The van der Waals surface area contributed by atoms with Crippen LogP contribution in [0.3, 0.4) is 0 Å². The Morgan fingerprint density at radius 1 is 1.13 bits per heavy atom. The Kier molecular flexibility index (Phi) is 5.52. The zero-order chi connectivity index (χ0) is 22.2. The van der Waals surface area contributed by atoms with Gasteiger partial charge >= 0.3 is 6.18 Å². The summed E-state index contributed by atoms with van der Waals surface area (Å²) in [5, 5.41) is 2.94. The molecule has 3 aromatic rings. The van der Waals surface area contributed by atoms with Crippen molar-refractivity contribution >= 4 is 26.9 Å². The summed E-state index contributed by atoms with van der Waals surface area (Å²) in [7, 11) is -4.05. The molecule has 1 aliphatic heterocycles. The van der Waals surface area contributed by atoms with Crippen LogP contribution in [0.4, 0.5) is 13.2 Å². The molecule has 2 heterocycles. The highest BCUT2D eigenvalue weighted by Gasteiger charge is 2.41. The minimum atomic E-state index is -4.48. The quantitative estimate of drug-likeness (QED) is 0.637. The van der Waals surface area contributed by atoms with E-state index in [4.69, 9.17) is 4.42 Å². The van der Waals surface area contributed by atoms with E-state index in [1.165, 1.54) is 18.2 Å². The summed E-state index contributed by atoms with van der Waals surface area (Å²) < 4.78 is 71.3. The Hall–Kier alpha value is -2.85. The Labute approximate surface area is 176 Å². The van der Waals surface area contributed by atoms with Crippen molar-refractivity contribution < 1.29 is 30.8 Å². The number of hydrogen-bond donors (Lipinski definition) is 1. The zero-order valence-electron chi connectivity index (χ0n) is 16.2. The third-order valence-electron chi connectivity index (χ3n) is 5.19. The molecule has 1 amide bonds. The van der Waals surface area contributed by atoms with Crippen molar-refractivity contribution in [1.82, 2.24) is 9.62 Å². The number of carbonyl (C=O) groups excluding carboxylic acids is 1. The van der Waals surface area contributed by atoms with Gasteiger partial charge in [-0.1, -0.05) is 30.3 Å². The maximum absolute atomic E-state index is 13.1. The molecule has 0 aliphatic carbocycles. The first kappa shape index (κ1) is 21.4. The Morgan fingerprint density at radius 2 is 1.90 bits per heavy atom. The van der Waals surface area contributed by atoms with Crippen LogP contribution in [0, 0.1) is 0 Å². The molecule has 1 atom stereocenters. The van der Waals surface area contributed by atoms with Crippen LogP contribution >= 0.6 is 0 Å². The standard InChI is InChI=1S/C21H19F3N2O4S/c22-21(23,24)16-7-3-5-14(11-16)13-25-20(27)17-8-4-10-26(17)31(28,29)19-12-15-6-1-2-9-18(15)30-19/h1-3,5-7,9,11-12,17H,4,8,10,13H2,(H,25,27)/t17-/m0/s1. The van der Waals surface area contributed by atoms with Crippen LogP contribution in [0.15, 0.2) is 64.1 Å². The van der Waals surface area contributed by atoms with E-state index in [-0.39, 0.29) is 23.7 Å². The Bertz CT molecular complexity index is 1190. The van der Waals surface area contributed by atoms with Crippen molar-refractivity contribution in [3.63, 3.8) is 0 Å². The normalized spacial score (nSPS) is 17.8. The second-order valence-electron chi connectivity index (χ2n) is 7.29. The summed E-state index contributed by atoms with van der Waals surface area (Å²) in [5.74, 6) is -0.561. The fraction of sp³-hybridized carbons (Fsp3) is 0.286. The van der Waals surface area contributed by atoms with E-state index >= 15 is 0 Å². The average molecular weight is 452 g/mol. The number of amides is 1. The molecule has 1 N–H and O–H groups in total. The topological polar surface area (TPSA) is 79.6 Å². The highest BCUT2D eigenvalue weighted by atomic mass is 32.2. The van der Waals surface area contributed by atoms with Crippen LogP contribution in [0.1, 0.15) is 24.0 Å². The molecule has 0 bridgehead atoms. The minimum Gasteiger partial charge on any atom is -0.443 e. The van der Waals surface area contributed by atoms with Gasteiger partial charge in [0.1, 0.15) is 11.6 Å². The molecule has 0 radical (unpaired) electrons. The van der Waals surface area contributed by atoms with Gasteiger partial charge in [0.2, 0.25) is 11.0 Å². The number of furan rings is 1. The van der Waals surface area contributed by atoms with E-state index in [0.29, 0.717) is 23.8 Å². The van der Waals surface area contributed by atoms with Crippen LogP contribution in [0.2, 0.25) is 0 Å². The smallest absolute Gasteiger partial charge is 0.416 e. The van der Waals surface area contributed by atoms with Gasteiger partial charge in [0.15, 0.2) is 0 Å². The van der Waals surface area contributed by atoms with Gasteiger partial charge in [-0.25, -0.2) is 8.42 Å². The molecule has 1 aliphatic rings. The predicted molar refractivity (Wildman–Crippen MR) is 106 cm³/mol. The van der Waals surface area contributed by atoms with Gasteiger partial charge in [0.05, 0.1) is 5.56 Å². The van der Waals surface area contributed by atoms with Gasteiger partial charge < -0.3 is 9.73 Å². The van der Waals surface area contributed by atoms with Gasteiger partial charge in [-0.15, -0.1) is 0 Å². The molecule has 31 heavy (non-hydrogen) atoms. The molecule has 2 aromatic carbocycles. The summed E-state index contributed by atoms with van der Waals surface area (Å²) in [6, 6.07) is 12.0. The molecule has 0 saturated carbocycles. The Balaban J connectivity index is 1.49. The van der Waals surface area contributed by atoms with Crippen molar-refractivity contribution in [1.29, 1.82) is 0 Å². The van der Waals surface area contributed by atoms with Gasteiger partial charge in [-0.05, 0) is 36.6 Å². The third kappa shape index (κ3) is 4.31. The maximum Gasteiger partial charge on any atom is 0.416 e. The number of halogens is 3. The van der Waals surface area contributed by atoms with E-state index in [9.17, 15) is 26.4 Å². The molecule has 6 nitrogen and oxygen atoms in total. The van der Waals surface area contributed by atoms with Crippen molar-refractivity contribution in [2.75, 3.05) is 6.54 Å². The lowest BCUT2D eigenvalue weighted by molar-refractivity contribution is -0.137. The van der Waals surface area contributed by atoms with Crippen LogP contribution < -0.4 is 5.32 Å². The molecule has 1 aromatic heterocycles. The van der Waals surface area contributed by atoms with Crippen LogP contribution in [-0.4, -0.2) is 31.2 Å². The largest absolute Gasteiger partial charge is 0.443 e. The van der Waals surface area contributed by atoms with Gasteiger partial charge in [0, 0.05) is 24.5 Å². The zero-order valence-corrected chi connectivity index (χ0v) is 17.0. The summed E-state index contributed by atoms with van der Waals surface area (Å²) in [4.78, 5) is 12.7. The first-order valence-electron chi connectivity index (χ1n) is 9.60. The van der Waals surface area contributed by atoms with Crippen molar-refractivity contribution in [3.05, 3.63) is 65.7 Å². The molecular weight excluding hydrogens is 433 g/mol. The van der Waals surface area contributed by atoms with Gasteiger partial charge in [-0.3, -0.25) is 4.79 Å². The number of carbonyl (C=O) groups is 1. The molecule has 1 saturated heterocycles. The summed E-state index contributed by atoms with van der Waals surface area (Å²) in [5.41, 5.74) is -0.118. The van der Waals surface area contributed by atoms with E-state index in [1.54, 1.807) is 24.3 Å². The fourth-order valence-corrected chi connectivity index (χ4v) is 5.26. The molecule has 0 spiro atoms. The lowest BCUT2D eigenvalue weighted by atomic mass is 10.1. The molecular formula is C21H19F3N2O4S. The van der Waals surface area contributed by atoms with Crippen molar-refractivity contribution in [3.8, 4) is 0 Å².